The van der Waals surface area contributed by atoms with Crippen LogP contribution in [-0.2, 0) is 11.3 Å². The predicted molar refractivity (Wildman–Crippen MR) is 107 cm³/mol. The van der Waals surface area contributed by atoms with Gasteiger partial charge in [-0.3, -0.25) is 4.79 Å². The summed E-state index contributed by atoms with van der Waals surface area (Å²) in [5.74, 6) is 0.257. The number of amides is 3. The minimum absolute atomic E-state index is 0.0187. The van der Waals surface area contributed by atoms with Gasteiger partial charge in [-0.15, -0.1) is 0 Å². The standard InChI is InChI=1S/C22H27N3O2/c1-3-20(17-9-7-15(2)8-10-17)25-22(27)23-14-16-5-4-6-19(13-16)24-21(26)18-11-12-18/h4-10,13,18,20H,3,11-12,14H2,1-2H3,(H,24,26)(H2,23,25,27). The lowest BCUT2D eigenvalue weighted by Gasteiger charge is -2.18. The van der Waals surface area contributed by atoms with Gasteiger partial charge in [0.2, 0.25) is 5.91 Å². The highest BCUT2D eigenvalue weighted by molar-refractivity contribution is 5.94. The average molecular weight is 365 g/mol. The molecule has 1 saturated carbocycles. The van der Waals surface area contributed by atoms with Crippen molar-refractivity contribution in [2.24, 2.45) is 5.92 Å². The summed E-state index contributed by atoms with van der Waals surface area (Å²) in [6, 6.07) is 15.6. The zero-order valence-corrected chi connectivity index (χ0v) is 15.9. The Morgan fingerprint density at radius 2 is 1.85 bits per heavy atom. The first-order chi connectivity index (χ1) is 13.0. The molecule has 1 atom stereocenters. The van der Waals surface area contributed by atoms with Crippen molar-refractivity contribution in [2.75, 3.05) is 5.32 Å². The second-order valence-corrected chi connectivity index (χ2v) is 7.16. The van der Waals surface area contributed by atoms with Crippen LogP contribution in [0.2, 0.25) is 0 Å². The van der Waals surface area contributed by atoms with E-state index in [1.54, 1.807) is 0 Å². The second kappa shape index (κ2) is 8.71. The first-order valence-corrected chi connectivity index (χ1v) is 9.56. The molecule has 0 heterocycles. The van der Waals surface area contributed by atoms with Gasteiger partial charge in [0.05, 0.1) is 6.04 Å². The highest BCUT2D eigenvalue weighted by atomic mass is 16.2. The van der Waals surface area contributed by atoms with Gasteiger partial charge in [0.25, 0.3) is 0 Å². The average Bonchev–Trinajstić information content (AvgIpc) is 3.51. The number of carbonyl (C=O) groups excluding carboxylic acids is 2. The van der Waals surface area contributed by atoms with Gasteiger partial charge in [-0.1, -0.05) is 48.9 Å². The van der Waals surface area contributed by atoms with Crippen LogP contribution in [0.25, 0.3) is 0 Å². The summed E-state index contributed by atoms with van der Waals surface area (Å²) in [5, 5.41) is 8.85. The molecule has 142 valence electrons. The van der Waals surface area contributed by atoms with Crippen molar-refractivity contribution in [3.63, 3.8) is 0 Å². The molecule has 2 aromatic rings. The molecule has 0 spiro atoms. The molecule has 0 radical (unpaired) electrons. The SMILES string of the molecule is CCC(NC(=O)NCc1cccc(NC(=O)C2CC2)c1)c1ccc(C)cc1. The Bertz CT molecular complexity index is 797. The van der Waals surface area contributed by atoms with Gasteiger partial charge in [-0.2, -0.15) is 0 Å². The lowest BCUT2D eigenvalue weighted by molar-refractivity contribution is -0.117. The van der Waals surface area contributed by atoms with Gasteiger partial charge in [0.15, 0.2) is 0 Å². The fourth-order valence-electron chi connectivity index (χ4n) is 2.96. The number of hydrogen-bond acceptors (Lipinski definition) is 2. The summed E-state index contributed by atoms with van der Waals surface area (Å²) in [5.41, 5.74) is 4.02. The Morgan fingerprint density at radius 3 is 2.52 bits per heavy atom. The number of carbonyl (C=O) groups is 2. The maximum Gasteiger partial charge on any atom is 0.315 e. The largest absolute Gasteiger partial charge is 0.334 e. The van der Waals surface area contributed by atoms with Crippen molar-refractivity contribution in [3.05, 3.63) is 65.2 Å². The number of nitrogens with one attached hydrogen (secondary N) is 3. The highest BCUT2D eigenvalue weighted by Gasteiger charge is 2.29. The van der Waals surface area contributed by atoms with E-state index in [1.165, 1.54) is 5.56 Å². The molecule has 0 bridgehead atoms. The summed E-state index contributed by atoms with van der Waals surface area (Å²) in [4.78, 5) is 24.2. The number of urea groups is 1. The van der Waals surface area contributed by atoms with E-state index >= 15 is 0 Å². The van der Waals surface area contributed by atoms with Crippen molar-refractivity contribution in [3.8, 4) is 0 Å². The van der Waals surface area contributed by atoms with Crippen LogP contribution >= 0.6 is 0 Å². The Balaban J connectivity index is 1.52. The lowest BCUT2D eigenvalue weighted by atomic mass is 10.0. The highest BCUT2D eigenvalue weighted by Crippen LogP contribution is 2.30. The molecular weight excluding hydrogens is 338 g/mol. The number of anilines is 1. The zero-order valence-electron chi connectivity index (χ0n) is 15.9. The summed E-state index contributed by atoms with van der Waals surface area (Å²) >= 11 is 0. The Morgan fingerprint density at radius 1 is 1.11 bits per heavy atom. The van der Waals surface area contributed by atoms with Gasteiger partial charge < -0.3 is 16.0 Å². The molecule has 2 aromatic carbocycles. The molecule has 0 aromatic heterocycles. The number of rotatable bonds is 7. The molecule has 5 nitrogen and oxygen atoms in total. The van der Waals surface area contributed by atoms with Gasteiger partial charge >= 0.3 is 6.03 Å². The molecule has 0 aliphatic heterocycles. The smallest absolute Gasteiger partial charge is 0.315 e. The van der Waals surface area contributed by atoms with Crippen molar-refractivity contribution in [1.29, 1.82) is 0 Å². The molecule has 1 aliphatic carbocycles. The minimum atomic E-state index is -0.199. The molecule has 3 N–H and O–H groups in total. The van der Waals surface area contributed by atoms with Crippen LogP contribution in [0.4, 0.5) is 10.5 Å². The van der Waals surface area contributed by atoms with Crippen LogP contribution in [0.1, 0.15) is 48.9 Å². The first-order valence-electron chi connectivity index (χ1n) is 9.56. The Kier molecular flexibility index (Phi) is 6.12. The molecule has 0 saturated heterocycles. The molecule has 3 rings (SSSR count). The monoisotopic (exact) mass is 365 g/mol. The lowest BCUT2D eigenvalue weighted by Crippen LogP contribution is -2.37. The first kappa shape index (κ1) is 19.0. The predicted octanol–water partition coefficient (Wildman–Crippen LogP) is 4.29. The van der Waals surface area contributed by atoms with Gasteiger partial charge in [-0.25, -0.2) is 4.79 Å². The molecule has 3 amide bonds. The third-order valence-electron chi connectivity index (χ3n) is 4.79. The topological polar surface area (TPSA) is 70.2 Å². The summed E-state index contributed by atoms with van der Waals surface area (Å²) in [6.07, 6.45) is 2.78. The summed E-state index contributed by atoms with van der Waals surface area (Å²) in [7, 11) is 0. The van der Waals surface area contributed by atoms with E-state index in [9.17, 15) is 9.59 Å². The second-order valence-electron chi connectivity index (χ2n) is 7.16. The van der Waals surface area contributed by atoms with Crippen molar-refractivity contribution < 1.29 is 9.59 Å². The summed E-state index contributed by atoms with van der Waals surface area (Å²) < 4.78 is 0. The van der Waals surface area contributed by atoms with Crippen LogP contribution in [0.15, 0.2) is 48.5 Å². The van der Waals surface area contributed by atoms with Crippen LogP contribution in [-0.4, -0.2) is 11.9 Å². The van der Waals surface area contributed by atoms with Gasteiger partial charge in [0, 0.05) is 18.2 Å². The van der Waals surface area contributed by atoms with E-state index in [-0.39, 0.29) is 23.9 Å². The van der Waals surface area contributed by atoms with Crippen LogP contribution in [0.3, 0.4) is 0 Å². The Labute approximate surface area is 160 Å². The van der Waals surface area contributed by atoms with Crippen LogP contribution < -0.4 is 16.0 Å². The molecule has 1 unspecified atom stereocenters. The van der Waals surface area contributed by atoms with Gasteiger partial charge in [0.1, 0.15) is 0 Å². The quantitative estimate of drug-likeness (QED) is 0.685. The number of aryl methyl sites for hydroxylation is 1. The van der Waals surface area contributed by atoms with Crippen LogP contribution in [0.5, 0.6) is 0 Å². The number of hydrogen-bond donors (Lipinski definition) is 3. The van der Waals surface area contributed by atoms with Crippen molar-refractivity contribution in [2.45, 2.75) is 45.7 Å². The van der Waals surface area contributed by atoms with Crippen molar-refractivity contribution >= 4 is 17.6 Å². The zero-order chi connectivity index (χ0) is 19.2. The Hall–Kier alpha value is -2.82. The maximum absolute atomic E-state index is 12.3. The molecule has 1 aliphatic rings. The van der Waals surface area contributed by atoms with E-state index in [4.69, 9.17) is 0 Å². The molecule has 1 fully saturated rings. The molecule has 27 heavy (non-hydrogen) atoms. The van der Waals surface area contributed by atoms with E-state index in [0.717, 1.165) is 36.1 Å². The number of benzene rings is 2. The minimum Gasteiger partial charge on any atom is -0.334 e. The van der Waals surface area contributed by atoms with E-state index in [1.807, 2.05) is 31.2 Å². The third-order valence-corrected chi connectivity index (χ3v) is 4.79. The third kappa shape index (κ3) is 5.58. The van der Waals surface area contributed by atoms with E-state index in [0.29, 0.717) is 6.54 Å². The maximum atomic E-state index is 12.3. The van der Waals surface area contributed by atoms with E-state index < -0.39 is 0 Å². The van der Waals surface area contributed by atoms with Crippen LogP contribution in [0, 0.1) is 12.8 Å². The fourth-order valence-corrected chi connectivity index (χ4v) is 2.96. The molecular formula is C22H27N3O2. The van der Waals surface area contributed by atoms with Crippen molar-refractivity contribution in [1.82, 2.24) is 10.6 Å². The van der Waals surface area contributed by atoms with E-state index in [2.05, 4.69) is 47.1 Å². The normalized spacial score (nSPS) is 14.3. The fraction of sp³-hybridized carbons (Fsp3) is 0.364. The van der Waals surface area contributed by atoms with Gasteiger partial charge in [-0.05, 0) is 49.4 Å². The summed E-state index contributed by atoms with van der Waals surface area (Å²) in [6.45, 7) is 4.51. The molecule has 5 heteroatoms.